The molecular formula is C32H45NO10. The second-order valence-corrected chi connectivity index (χ2v) is 9.61. The van der Waals surface area contributed by atoms with E-state index in [2.05, 4.69) is 34.3 Å². The van der Waals surface area contributed by atoms with E-state index in [1.54, 1.807) is 0 Å². The van der Waals surface area contributed by atoms with Crippen molar-refractivity contribution < 1.29 is 47.5 Å². The summed E-state index contributed by atoms with van der Waals surface area (Å²) in [6.45, 7) is 6.30. The minimum absolute atomic E-state index is 0.0510. The molecule has 43 heavy (non-hydrogen) atoms. The van der Waals surface area contributed by atoms with Gasteiger partial charge in [0.15, 0.2) is 0 Å². The first-order chi connectivity index (χ1) is 21.2. The normalized spacial score (nSPS) is 12.1. The highest BCUT2D eigenvalue weighted by Crippen LogP contribution is 2.44. The smallest absolute Gasteiger partial charge is 0.407 e. The fourth-order valence-electron chi connectivity index (χ4n) is 4.47. The van der Waals surface area contributed by atoms with Crippen molar-refractivity contribution in [1.82, 2.24) is 5.32 Å². The molecule has 0 spiro atoms. The number of rotatable bonds is 24. The molecule has 0 atom stereocenters. The Kier molecular flexibility index (Phi) is 17.3. The summed E-state index contributed by atoms with van der Waals surface area (Å²) in [7, 11) is 1.35. The van der Waals surface area contributed by atoms with Crippen LogP contribution in [-0.2, 0) is 42.7 Å². The molecule has 3 rings (SSSR count). The largest absolute Gasteiger partial charge is 0.469 e. The second kappa shape index (κ2) is 21.6. The standard InChI is InChI=1S/C32H45NO10/c1-36-31(34)11-14-38-16-18-40-20-22-42-24-23-41-21-19-39-17-15-37-13-6-12-33-32(35)43-25-30-28-9-4-2-7-26(28)27-8-3-5-10-29(27)30/h2-5,7-10,30H,6,11-25H2,1H3,(H,33,35). The topological polar surface area (TPSA) is 120 Å². The van der Waals surface area contributed by atoms with Crippen molar-refractivity contribution in [2.75, 3.05) is 99.5 Å². The van der Waals surface area contributed by atoms with Gasteiger partial charge in [-0.2, -0.15) is 0 Å². The van der Waals surface area contributed by atoms with Gasteiger partial charge < -0.3 is 43.2 Å². The summed E-state index contributed by atoms with van der Waals surface area (Å²) in [5.41, 5.74) is 4.80. The molecule has 1 amide bonds. The maximum Gasteiger partial charge on any atom is 0.407 e. The van der Waals surface area contributed by atoms with Crippen molar-refractivity contribution in [3.05, 3.63) is 59.7 Å². The first-order valence-corrected chi connectivity index (χ1v) is 14.8. The molecule has 2 aromatic rings. The monoisotopic (exact) mass is 603 g/mol. The molecule has 0 saturated carbocycles. The number of fused-ring (bicyclic) bond motifs is 3. The SMILES string of the molecule is COC(=O)CCOCCOCCOCCOCCOCCOCCCNC(=O)OCC1c2ccccc2-c2ccccc21. The van der Waals surface area contributed by atoms with E-state index in [-0.39, 0.29) is 18.3 Å². The number of alkyl carbamates (subject to hydrolysis) is 1. The average Bonchev–Trinajstić information content (AvgIpc) is 3.35. The molecular weight excluding hydrogens is 558 g/mol. The van der Waals surface area contributed by atoms with Crippen LogP contribution in [0.4, 0.5) is 4.79 Å². The third-order valence-electron chi connectivity index (χ3n) is 6.62. The molecule has 2 aromatic carbocycles. The van der Waals surface area contributed by atoms with Gasteiger partial charge in [-0.15, -0.1) is 0 Å². The van der Waals surface area contributed by atoms with E-state index < -0.39 is 6.09 Å². The highest BCUT2D eigenvalue weighted by molar-refractivity contribution is 5.79. The Balaban J connectivity index is 1.04. The number of esters is 1. The molecule has 0 bridgehead atoms. The summed E-state index contributed by atoms with van der Waals surface area (Å²) in [5.74, 6) is -0.237. The summed E-state index contributed by atoms with van der Waals surface area (Å²) in [5, 5.41) is 2.79. The molecule has 1 aliphatic rings. The van der Waals surface area contributed by atoms with Crippen molar-refractivity contribution in [1.29, 1.82) is 0 Å². The van der Waals surface area contributed by atoms with E-state index in [9.17, 15) is 9.59 Å². The van der Waals surface area contributed by atoms with E-state index in [4.69, 9.17) is 33.2 Å². The van der Waals surface area contributed by atoms with Gasteiger partial charge in [-0.25, -0.2) is 4.79 Å². The Labute approximate surface area is 254 Å². The molecule has 0 saturated heterocycles. The lowest BCUT2D eigenvalue weighted by molar-refractivity contribution is -0.141. The molecule has 11 heteroatoms. The van der Waals surface area contributed by atoms with Gasteiger partial charge in [-0.1, -0.05) is 48.5 Å². The zero-order valence-electron chi connectivity index (χ0n) is 25.1. The first-order valence-electron chi connectivity index (χ1n) is 14.8. The first kappa shape index (κ1) is 34.4. The van der Waals surface area contributed by atoms with Gasteiger partial charge in [-0.05, 0) is 28.7 Å². The number of hydrogen-bond acceptors (Lipinski definition) is 10. The zero-order valence-corrected chi connectivity index (χ0v) is 25.1. The number of ether oxygens (including phenoxy) is 8. The number of hydrogen-bond donors (Lipinski definition) is 1. The van der Waals surface area contributed by atoms with Crippen LogP contribution in [0.2, 0.25) is 0 Å². The molecule has 1 aliphatic carbocycles. The Morgan fingerprint density at radius 2 is 1.07 bits per heavy atom. The molecule has 0 fully saturated rings. The van der Waals surface area contributed by atoms with Gasteiger partial charge in [0, 0.05) is 19.1 Å². The molecule has 238 valence electrons. The maximum atomic E-state index is 12.2. The number of carbonyl (C=O) groups excluding carboxylic acids is 2. The molecule has 0 radical (unpaired) electrons. The van der Waals surface area contributed by atoms with E-state index in [1.165, 1.54) is 29.4 Å². The zero-order chi connectivity index (χ0) is 30.4. The summed E-state index contributed by atoms with van der Waals surface area (Å²) in [6.07, 6.45) is 0.508. The third kappa shape index (κ3) is 13.4. The van der Waals surface area contributed by atoms with Crippen LogP contribution in [0.15, 0.2) is 48.5 Å². The van der Waals surface area contributed by atoms with Crippen molar-refractivity contribution >= 4 is 12.1 Å². The molecule has 0 aromatic heterocycles. The van der Waals surface area contributed by atoms with Crippen LogP contribution in [0.25, 0.3) is 11.1 Å². The van der Waals surface area contributed by atoms with Crippen molar-refractivity contribution in [3.8, 4) is 11.1 Å². The lowest BCUT2D eigenvalue weighted by Gasteiger charge is -2.14. The predicted molar refractivity (Wildman–Crippen MR) is 159 cm³/mol. The Bertz CT molecular complexity index is 1020. The minimum Gasteiger partial charge on any atom is -0.469 e. The lowest BCUT2D eigenvalue weighted by Crippen LogP contribution is -2.27. The van der Waals surface area contributed by atoms with Gasteiger partial charge in [-0.3, -0.25) is 4.79 Å². The van der Waals surface area contributed by atoms with Crippen LogP contribution in [0.5, 0.6) is 0 Å². The van der Waals surface area contributed by atoms with Crippen molar-refractivity contribution in [2.45, 2.75) is 18.8 Å². The summed E-state index contributed by atoms with van der Waals surface area (Å²) >= 11 is 0. The third-order valence-corrected chi connectivity index (χ3v) is 6.62. The number of nitrogens with one attached hydrogen (secondary N) is 1. The minimum atomic E-state index is -0.417. The van der Waals surface area contributed by atoms with E-state index in [0.717, 1.165) is 0 Å². The van der Waals surface area contributed by atoms with Crippen LogP contribution in [0.1, 0.15) is 29.9 Å². The Morgan fingerprint density at radius 3 is 1.56 bits per heavy atom. The van der Waals surface area contributed by atoms with Gasteiger partial charge in [0.1, 0.15) is 6.61 Å². The quantitative estimate of drug-likeness (QED) is 0.141. The highest BCUT2D eigenvalue weighted by Gasteiger charge is 2.28. The average molecular weight is 604 g/mol. The van der Waals surface area contributed by atoms with Gasteiger partial charge >= 0.3 is 12.1 Å². The molecule has 0 aliphatic heterocycles. The molecule has 1 N–H and O–H groups in total. The molecule has 0 heterocycles. The predicted octanol–water partition coefficient (Wildman–Crippen LogP) is 3.58. The second-order valence-electron chi connectivity index (χ2n) is 9.61. The highest BCUT2D eigenvalue weighted by atomic mass is 16.6. The molecule has 11 nitrogen and oxygen atoms in total. The molecule has 0 unspecified atom stereocenters. The summed E-state index contributed by atoms with van der Waals surface area (Å²) in [6, 6.07) is 16.5. The van der Waals surface area contributed by atoms with E-state index in [1.807, 2.05) is 24.3 Å². The van der Waals surface area contributed by atoms with Gasteiger partial charge in [0.25, 0.3) is 0 Å². The van der Waals surface area contributed by atoms with Crippen molar-refractivity contribution in [3.63, 3.8) is 0 Å². The summed E-state index contributed by atoms with van der Waals surface area (Å²) in [4.78, 5) is 23.1. The Morgan fingerprint density at radius 1 is 0.628 bits per heavy atom. The fraction of sp³-hybridized carbons (Fsp3) is 0.562. The van der Waals surface area contributed by atoms with Gasteiger partial charge in [0.05, 0.1) is 86.2 Å². The van der Waals surface area contributed by atoms with Crippen LogP contribution < -0.4 is 5.32 Å². The van der Waals surface area contributed by atoms with E-state index in [0.29, 0.717) is 98.9 Å². The van der Waals surface area contributed by atoms with E-state index >= 15 is 0 Å². The van der Waals surface area contributed by atoms with Crippen LogP contribution in [-0.4, -0.2) is 112 Å². The van der Waals surface area contributed by atoms with Crippen molar-refractivity contribution in [2.24, 2.45) is 0 Å². The number of carbonyl (C=O) groups is 2. The Hall–Kier alpha value is -3.06. The number of methoxy groups -OCH3 is 1. The van der Waals surface area contributed by atoms with Gasteiger partial charge in [0.2, 0.25) is 0 Å². The maximum absolute atomic E-state index is 12.2. The number of amides is 1. The summed E-state index contributed by atoms with van der Waals surface area (Å²) < 4.78 is 42.6. The van der Waals surface area contributed by atoms with Crippen LogP contribution in [0, 0.1) is 0 Å². The number of benzene rings is 2. The fourth-order valence-corrected chi connectivity index (χ4v) is 4.47. The van der Waals surface area contributed by atoms with Crippen LogP contribution in [0.3, 0.4) is 0 Å². The lowest BCUT2D eigenvalue weighted by atomic mass is 9.98. The van der Waals surface area contributed by atoms with Crippen LogP contribution >= 0.6 is 0 Å².